The van der Waals surface area contributed by atoms with E-state index in [4.69, 9.17) is 4.74 Å². The quantitative estimate of drug-likeness (QED) is 0.901. The number of amides is 1. The van der Waals surface area contributed by atoms with Crippen molar-refractivity contribution in [2.45, 2.75) is 19.4 Å². The molecule has 2 rings (SSSR count). The fraction of sp³-hybridized carbons (Fsp3) is 0.500. The maximum absolute atomic E-state index is 12.2. The molecular weight excluding hydrogens is 310 g/mol. The smallest absolute Gasteiger partial charge is 0.231 e. The number of benzene rings is 1. The van der Waals surface area contributed by atoms with Gasteiger partial charge in [0, 0.05) is 13.6 Å². The number of aliphatic hydroxyl groups is 1. The van der Waals surface area contributed by atoms with Crippen LogP contribution in [0.2, 0.25) is 0 Å². The van der Waals surface area contributed by atoms with Gasteiger partial charge in [-0.25, -0.2) is 0 Å². The van der Waals surface area contributed by atoms with Crippen molar-refractivity contribution in [3.8, 4) is 5.75 Å². The molecule has 1 aromatic carbocycles. The number of carbonyl (C=O) groups excluding carboxylic acids is 1. The Hall–Kier alpha value is -1.07. The number of ether oxygens (including phenoxy) is 1. The maximum atomic E-state index is 12.2. The molecule has 1 aromatic rings. The first-order valence-electron chi connectivity index (χ1n) is 6.21. The highest BCUT2D eigenvalue weighted by Gasteiger charge is 2.50. The molecular formula is C14H18BrNO3. The molecule has 1 amide bonds. The van der Waals surface area contributed by atoms with E-state index in [9.17, 15) is 9.90 Å². The van der Waals surface area contributed by atoms with Crippen LogP contribution in [0.1, 0.15) is 18.4 Å². The summed E-state index contributed by atoms with van der Waals surface area (Å²) in [7, 11) is 3.39. The summed E-state index contributed by atoms with van der Waals surface area (Å²) in [6.45, 7) is 0.478. The summed E-state index contributed by atoms with van der Waals surface area (Å²) in [5, 5.41) is 9.28. The van der Waals surface area contributed by atoms with Crippen LogP contribution in [0, 0.1) is 5.41 Å². The lowest BCUT2D eigenvalue weighted by Gasteiger charge is -2.22. The largest absolute Gasteiger partial charge is 0.496 e. The summed E-state index contributed by atoms with van der Waals surface area (Å²) >= 11 is 3.43. The van der Waals surface area contributed by atoms with Crippen LogP contribution in [0.5, 0.6) is 5.75 Å². The van der Waals surface area contributed by atoms with Gasteiger partial charge in [0.2, 0.25) is 5.91 Å². The average molecular weight is 328 g/mol. The lowest BCUT2D eigenvalue weighted by Crippen LogP contribution is -2.35. The zero-order chi connectivity index (χ0) is 14.0. The first-order valence-corrected chi connectivity index (χ1v) is 7.00. The monoisotopic (exact) mass is 327 g/mol. The first kappa shape index (κ1) is 14.3. The Morgan fingerprint density at radius 2 is 2.21 bits per heavy atom. The van der Waals surface area contributed by atoms with Crippen molar-refractivity contribution in [1.29, 1.82) is 0 Å². The minimum Gasteiger partial charge on any atom is -0.496 e. The van der Waals surface area contributed by atoms with Crippen LogP contribution >= 0.6 is 15.9 Å². The minimum atomic E-state index is -0.502. The molecule has 1 saturated carbocycles. The number of rotatable bonds is 5. The number of methoxy groups -OCH3 is 1. The summed E-state index contributed by atoms with van der Waals surface area (Å²) in [6, 6.07) is 5.75. The SMILES string of the molecule is COc1ccc(CN(C)C(=O)C2(CO)CC2)cc1Br. The molecule has 1 aliphatic rings. The average Bonchev–Trinajstić information content (AvgIpc) is 3.19. The highest BCUT2D eigenvalue weighted by atomic mass is 79.9. The second kappa shape index (κ2) is 5.51. The number of nitrogens with zero attached hydrogens (tertiary/aromatic N) is 1. The van der Waals surface area contributed by atoms with Crippen molar-refractivity contribution in [1.82, 2.24) is 4.90 Å². The predicted octanol–water partition coefficient (Wildman–Crippen LogP) is 2.19. The van der Waals surface area contributed by atoms with Crippen molar-refractivity contribution in [2.24, 2.45) is 5.41 Å². The molecule has 1 N–H and O–H groups in total. The predicted molar refractivity (Wildman–Crippen MR) is 75.9 cm³/mol. The van der Waals surface area contributed by atoms with Crippen LogP contribution in [0.25, 0.3) is 0 Å². The Morgan fingerprint density at radius 1 is 1.53 bits per heavy atom. The molecule has 0 aliphatic heterocycles. The second-order valence-electron chi connectivity index (χ2n) is 5.07. The van der Waals surface area contributed by atoms with E-state index in [0.29, 0.717) is 6.54 Å². The molecule has 1 aliphatic carbocycles. The summed E-state index contributed by atoms with van der Waals surface area (Å²) in [5.74, 6) is 0.800. The fourth-order valence-corrected chi connectivity index (χ4v) is 2.74. The van der Waals surface area contributed by atoms with Gasteiger partial charge in [-0.15, -0.1) is 0 Å². The van der Waals surface area contributed by atoms with Gasteiger partial charge in [0.05, 0.1) is 23.6 Å². The van der Waals surface area contributed by atoms with Crippen molar-refractivity contribution < 1.29 is 14.6 Å². The first-order chi connectivity index (χ1) is 9.02. The molecule has 0 atom stereocenters. The summed E-state index contributed by atoms with van der Waals surface area (Å²) < 4.78 is 6.05. The normalized spacial score (nSPS) is 16.0. The number of carbonyl (C=O) groups is 1. The molecule has 5 heteroatoms. The van der Waals surface area contributed by atoms with Gasteiger partial charge >= 0.3 is 0 Å². The molecule has 0 bridgehead atoms. The van der Waals surface area contributed by atoms with E-state index in [1.54, 1.807) is 19.1 Å². The van der Waals surface area contributed by atoms with E-state index in [-0.39, 0.29) is 12.5 Å². The van der Waals surface area contributed by atoms with Crippen LogP contribution in [-0.2, 0) is 11.3 Å². The van der Waals surface area contributed by atoms with E-state index >= 15 is 0 Å². The fourth-order valence-electron chi connectivity index (χ4n) is 2.15. The molecule has 19 heavy (non-hydrogen) atoms. The van der Waals surface area contributed by atoms with Crippen LogP contribution in [0.3, 0.4) is 0 Å². The van der Waals surface area contributed by atoms with E-state index in [0.717, 1.165) is 28.6 Å². The topological polar surface area (TPSA) is 49.8 Å². The summed E-state index contributed by atoms with van der Waals surface area (Å²) in [4.78, 5) is 13.9. The van der Waals surface area contributed by atoms with Gasteiger partial charge in [0.25, 0.3) is 0 Å². The lowest BCUT2D eigenvalue weighted by atomic mass is 10.1. The molecule has 0 aromatic heterocycles. The van der Waals surface area contributed by atoms with Crippen molar-refractivity contribution in [3.63, 3.8) is 0 Å². The Balaban J connectivity index is 2.05. The van der Waals surface area contributed by atoms with Gasteiger partial charge in [-0.2, -0.15) is 0 Å². The van der Waals surface area contributed by atoms with Crippen LogP contribution in [0.15, 0.2) is 22.7 Å². The molecule has 0 radical (unpaired) electrons. The number of aliphatic hydroxyl groups excluding tert-OH is 1. The molecule has 0 heterocycles. The van der Waals surface area contributed by atoms with Crippen molar-refractivity contribution in [2.75, 3.05) is 20.8 Å². The van der Waals surface area contributed by atoms with Crippen molar-refractivity contribution >= 4 is 21.8 Å². The molecule has 0 unspecified atom stereocenters. The number of hydrogen-bond donors (Lipinski definition) is 1. The third-order valence-electron chi connectivity index (χ3n) is 3.59. The van der Waals surface area contributed by atoms with Gasteiger partial charge in [0.1, 0.15) is 5.75 Å². The van der Waals surface area contributed by atoms with Gasteiger partial charge in [-0.1, -0.05) is 6.07 Å². The minimum absolute atomic E-state index is 0.0296. The standard InChI is InChI=1S/C14H18BrNO3/c1-16(13(18)14(9-17)5-6-14)8-10-3-4-12(19-2)11(15)7-10/h3-4,7,17H,5-6,8-9H2,1-2H3. The Labute approximate surface area is 121 Å². The summed E-state index contributed by atoms with van der Waals surface area (Å²) in [6.07, 6.45) is 1.58. The van der Waals surface area contributed by atoms with E-state index in [1.165, 1.54) is 0 Å². The zero-order valence-corrected chi connectivity index (χ0v) is 12.7. The molecule has 4 nitrogen and oxygen atoms in total. The van der Waals surface area contributed by atoms with Crippen molar-refractivity contribution in [3.05, 3.63) is 28.2 Å². The number of hydrogen-bond acceptors (Lipinski definition) is 3. The molecule has 1 fully saturated rings. The highest BCUT2D eigenvalue weighted by Crippen LogP contribution is 2.46. The molecule has 0 spiro atoms. The third-order valence-corrected chi connectivity index (χ3v) is 4.21. The molecule has 104 valence electrons. The third kappa shape index (κ3) is 2.92. The van der Waals surface area contributed by atoms with Gasteiger partial charge < -0.3 is 14.7 Å². The Bertz CT molecular complexity index is 486. The lowest BCUT2D eigenvalue weighted by molar-refractivity contribution is -0.137. The summed E-state index contributed by atoms with van der Waals surface area (Å²) in [5.41, 5.74) is 0.524. The van der Waals surface area contributed by atoms with E-state index in [1.807, 2.05) is 18.2 Å². The second-order valence-corrected chi connectivity index (χ2v) is 5.92. The van der Waals surface area contributed by atoms with Crippen LogP contribution < -0.4 is 4.74 Å². The molecule has 0 saturated heterocycles. The zero-order valence-electron chi connectivity index (χ0n) is 11.1. The number of halogens is 1. The van der Waals surface area contributed by atoms with E-state index < -0.39 is 5.41 Å². The Kier molecular flexibility index (Phi) is 4.16. The maximum Gasteiger partial charge on any atom is 0.231 e. The van der Waals surface area contributed by atoms with Gasteiger partial charge in [-0.3, -0.25) is 4.79 Å². The van der Waals surface area contributed by atoms with Gasteiger partial charge in [-0.05, 0) is 46.5 Å². The van der Waals surface area contributed by atoms with E-state index in [2.05, 4.69) is 15.9 Å². The van der Waals surface area contributed by atoms with Crippen LogP contribution in [-0.4, -0.2) is 36.7 Å². The Morgan fingerprint density at radius 3 is 2.68 bits per heavy atom. The van der Waals surface area contributed by atoms with Gasteiger partial charge in [0.15, 0.2) is 0 Å². The highest BCUT2D eigenvalue weighted by molar-refractivity contribution is 9.10. The van der Waals surface area contributed by atoms with Crippen LogP contribution in [0.4, 0.5) is 0 Å².